The highest BCUT2D eigenvalue weighted by molar-refractivity contribution is 7.09. The summed E-state index contributed by atoms with van der Waals surface area (Å²) in [6.07, 6.45) is -0.0408. The average Bonchev–Trinajstić information content (AvgIpc) is 2.72. The number of nitrogens with one attached hydrogen (secondary N) is 1. The first-order valence-electron chi connectivity index (χ1n) is 5.68. The Morgan fingerprint density at radius 2 is 2.28 bits per heavy atom. The Bertz CT molecular complexity index is 419. The second kappa shape index (κ2) is 6.95. The minimum Gasteiger partial charge on any atom is -0.481 e. The van der Waals surface area contributed by atoms with Crippen LogP contribution in [0.4, 0.5) is 4.79 Å². The van der Waals surface area contributed by atoms with Gasteiger partial charge in [-0.25, -0.2) is 9.78 Å². The highest BCUT2D eigenvalue weighted by atomic mass is 32.1. The number of aliphatic carboxylic acids is 1. The van der Waals surface area contributed by atoms with E-state index in [1.165, 1.54) is 16.2 Å². The van der Waals surface area contributed by atoms with E-state index >= 15 is 0 Å². The molecule has 0 aromatic carbocycles. The number of hydrogen-bond donors (Lipinski definition) is 2. The summed E-state index contributed by atoms with van der Waals surface area (Å²) in [4.78, 5) is 28.8. The smallest absolute Gasteiger partial charge is 0.317 e. The molecular weight excluding hydrogens is 254 g/mol. The predicted octanol–water partition coefficient (Wildman–Crippen LogP) is 1.46. The van der Waals surface area contributed by atoms with Crippen LogP contribution in [0.15, 0.2) is 5.51 Å². The van der Waals surface area contributed by atoms with Crippen LogP contribution in [0.5, 0.6) is 0 Å². The van der Waals surface area contributed by atoms with Crippen LogP contribution in [-0.4, -0.2) is 40.1 Å². The lowest BCUT2D eigenvalue weighted by atomic mass is 10.4. The van der Waals surface area contributed by atoms with Crippen LogP contribution in [0.1, 0.15) is 23.9 Å². The summed E-state index contributed by atoms with van der Waals surface area (Å²) in [7, 11) is 0. The second-order valence-corrected chi connectivity index (χ2v) is 4.68. The average molecular weight is 271 g/mol. The third kappa shape index (κ3) is 4.33. The van der Waals surface area contributed by atoms with Gasteiger partial charge in [0.05, 0.1) is 24.2 Å². The van der Waals surface area contributed by atoms with E-state index < -0.39 is 5.97 Å². The number of nitrogens with zero attached hydrogens (tertiary/aromatic N) is 2. The molecule has 0 atom stereocenters. The summed E-state index contributed by atoms with van der Waals surface area (Å²) in [5, 5.41) is 11.4. The quantitative estimate of drug-likeness (QED) is 0.820. The molecule has 1 heterocycles. The number of hydrogen-bond acceptors (Lipinski definition) is 4. The maximum atomic E-state index is 11.8. The van der Waals surface area contributed by atoms with Crippen molar-refractivity contribution in [3.8, 4) is 0 Å². The number of carbonyl (C=O) groups excluding carboxylic acids is 1. The highest BCUT2D eigenvalue weighted by Gasteiger charge is 2.13. The van der Waals surface area contributed by atoms with Crippen molar-refractivity contribution in [1.29, 1.82) is 0 Å². The SMILES string of the molecule is CCN(CCC(=O)O)C(=O)NCc1scnc1C. The maximum Gasteiger partial charge on any atom is 0.317 e. The van der Waals surface area contributed by atoms with E-state index in [0.29, 0.717) is 13.1 Å². The summed E-state index contributed by atoms with van der Waals surface area (Å²) in [5.41, 5.74) is 2.65. The fraction of sp³-hybridized carbons (Fsp3) is 0.545. The molecule has 0 unspecified atom stereocenters. The van der Waals surface area contributed by atoms with Gasteiger partial charge in [-0.1, -0.05) is 0 Å². The summed E-state index contributed by atoms with van der Waals surface area (Å²) in [6.45, 7) is 4.85. The largest absolute Gasteiger partial charge is 0.481 e. The fourth-order valence-electron chi connectivity index (χ4n) is 1.40. The highest BCUT2D eigenvalue weighted by Crippen LogP contribution is 2.11. The van der Waals surface area contributed by atoms with E-state index in [1.807, 2.05) is 13.8 Å². The summed E-state index contributed by atoms with van der Waals surface area (Å²) >= 11 is 1.49. The van der Waals surface area contributed by atoms with Crippen LogP contribution in [0.25, 0.3) is 0 Å². The van der Waals surface area contributed by atoms with Crippen LogP contribution >= 0.6 is 11.3 Å². The van der Waals surface area contributed by atoms with Gasteiger partial charge >= 0.3 is 12.0 Å². The molecule has 0 aliphatic heterocycles. The van der Waals surface area contributed by atoms with Crippen molar-refractivity contribution >= 4 is 23.3 Å². The van der Waals surface area contributed by atoms with Gasteiger partial charge in [0, 0.05) is 18.0 Å². The molecule has 1 aromatic heterocycles. The second-order valence-electron chi connectivity index (χ2n) is 3.74. The van der Waals surface area contributed by atoms with Crippen molar-refractivity contribution in [2.75, 3.05) is 13.1 Å². The van der Waals surface area contributed by atoms with Gasteiger partial charge in [0.15, 0.2) is 0 Å². The standard InChI is InChI=1S/C11H17N3O3S/c1-3-14(5-4-10(15)16)11(17)12-6-9-8(2)13-7-18-9/h7H,3-6H2,1-2H3,(H,12,17)(H,15,16). The number of aryl methyl sites for hydroxylation is 1. The molecule has 2 amide bonds. The Hall–Kier alpha value is -1.63. The van der Waals surface area contributed by atoms with Gasteiger partial charge in [0.2, 0.25) is 0 Å². The molecule has 1 aromatic rings. The number of aromatic nitrogens is 1. The van der Waals surface area contributed by atoms with Crippen molar-refractivity contribution in [3.05, 3.63) is 16.1 Å². The molecule has 18 heavy (non-hydrogen) atoms. The number of rotatable bonds is 6. The van der Waals surface area contributed by atoms with Gasteiger partial charge in [0.1, 0.15) is 0 Å². The zero-order valence-electron chi connectivity index (χ0n) is 10.5. The molecule has 0 fully saturated rings. The molecule has 0 radical (unpaired) electrons. The molecule has 0 bridgehead atoms. The molecule has 1 rings (SSSR count). The van der Waals surface area contributed by atoms with Gasteiger partial charge in [-0.2, -0.15) is 0 Å². The normalized spacial score (nSPS) is 10.1. The Kier molecular flexibility index (Phi) is 5.57. The minimum absolute atomic E-state index is 0.0408. The molecule has 7 heteroatoms. The van der Waals surface area contributed by atoms with Crippen molar-refractivity contribution in [3.63, 3.8) is 0 Å². The third-order valence-corrected chi connectivity index (χ3v) is 3.44. The molecule has 100 valence electrons. The number of carboxylic acid groups (broad SMARTS) is 1. The zero-order chi connectivity index (χ0) is 13.5. The molecule has 0 aliphatic rings. The van der Waals surface area contributed by atoms with Crippen LogP contribution in [0, 0.1) is 6.92 Å². The zero-order valence-corrected chi connectivity index (χ0v) is 11.3. The molecular formula is C11H17N3O3S. The van der Waals surface area contributed by atoms with Gasteiger partial charge in [0.25, 0.3) is 0 Å². The van der Waals surface area contributed by atoms with Gasteiger partial charge in [-0.15, -0.1) is 11.3 Å². The lowest BCUT2D eigenvalue weighted by Gasteiger charge is -2.20. The first kappa shape index (κ1) is 14.4. The van der Waals surface area contributed by atoms with Crippen LogP contribution in [0.3, 0.4) is 0 Å². The molecule has 0 aliphatic carbocycles. The summed E-state index contributed by atoms with van der Waals surface area (Å²) < 4.78 is 0. The number of carboxylic acids is 1. The van der Waals surface area contributed by atoms with Crippen LogP contribution < -0.4 is 5.32 Å². The topological polar surface area (TPSA) is 82.5 Å². The van der Waals surface area contributed by atoms with Gasteiger partial charge in [-0.05, 0) is 13.8 Å². The van der Waals surface area contributed by atoms with Crippen LogP contribution in [-0.2, 0) is 11.3 Å². The van der Waals surface area contributed by atoms with Crippen molar-refractivity contribution < 1.29 is 14.7 Å². The Balaban J connectivity index is 2.42. The molecule has 2 N–H and O–H groups in total. The Labute approximate surface area is 110 Å². The van der Waals surface area contributed by atoms with Crippen molar-refractivity contribution in [2.45, 2.75) is 26.8 Å². The summed E-state index contributed by atoms with van der Waals surface area (Å²) in [5.74, 6) is -0.903. The Morgan fingerprint density at radius 1 is 1.56 bits per heavy atom. The summed E-state index contributed by atoms with van der Waals surface area (Å²) in [6, 6.07) is -0.244. The van der Waals surface area contributed by atoms with Crippen molar-refractivity contribution in [2.24, 2.45) is 0 Å². The van der Waals surface area contributed by atoms with E-state index in [4.69, 9.17) is 5.11 Å². The van der Waals surface area contributed by atoms with E-state index in [1.54, 1.807) is 5.51 Å². The fourth-order valence-corrected chi connectivity index (χ4v) is 2.11. The van der Waals surface area contributed by atoms with Gasteiger partial charge in [-0.3, -0.25) is 4.79 Å². The number of thiazole rings is 1. The predicted molar refractivity (Wildman–Crippen MR) is 68.6 cm³/mol. The van der Waals surface area contributed by atoms with Crippen LogP contribution in [0.2, 0.25) is 0 Å². The third-order valence-electron chi connectivity index (χ3n) is 2.51. The molecule has 6 nitrogen and oxygen atoms in total. The lowest BCUT2D eigenvalue weighted by Crippen LogP contribution is -2.40. The molecule has 0 saturated carbocycles. The number of amides is 2. The number of urea groups is 1. The van der Waals surface area contributed by atoms with Gasteiger partial charge < -0.3 is 15.3 Å². The maximum absolute atomic E-state index is 11.8. The van der Waals surface area contributed by atoms with Crippen molar-refractivity contribution in [1.82, 2.24) is 15.2 Å². The number of carbonyl (C=O) groups is 2. The molecule has 0 spiro atoms. The van der Waals surface area contributed by atoms with E-state index in [0.717, 1.165) is 10.6 Å². The first-order chi connectivity index (χ1) is 8.54. The lowest BCUT2D eigenvalue weighted by molar-refractivity contribution is -0.137. The minimum atomic E-state index is -0.903. The van der Waals surface area contributed by atoms with E-state index in [9.17, 15) is 9.59 Å². The molecule has 0 saturated heterocycles. The van der Waals surface area contributed by atoms with E-state index in [2.05, 4.69) is 10.3 Å². The van der Waals surface area contributed by atoms with E-state index in [-0.39, 0.29) is 19.0 Å². The monoisotopic (exact) mass is 271 g/mol. The Morgan fingerprint density at radius 3 is 2.78 bits per heavy atom. The first-order valence-corrected chi connectivity index (χ1v) is 6.56.